The molecule has 0 aliphatic carbocycles. The second-order valence-electron chi connectivity index (χ2n) is 6.24. The Labute approximate surface area is 151 Å². The zero-order valence-corrected chi connectivity index (χ0v) is 15.4. The van der Waals surface area contributed by atoms with Crippen molar-refractivity contribution in [2.45, 2.75) is 26.4 Å². The van der Waals surface area contributed by atoms with Crippen LogP contribution < -0.4 is 0 Å². The summed E-state index contributed by atoms with van der Waals surface area (Å²) < 4.78 is 29.8. The van der Waals surface area contributed by atoms with Crippen molar-refractivity contribution in [3.05, 3.63) is 46.7 Å². The lowest BCUT2D eigenvalue weighted by molar-refractivity contribution is -0.145. The first kappa shape index (κ1) is 17.9. The topological polar surface area (TPSA) is 78.3 Å². The van der Waals surface area contributed by atoms with E-state index in [0.717, 1.165) is 5.69 Å². The first-order chi connectivity index (χ1) is 11.9. The molecule has 1 atom stereocenters. The molecule has 2 aromatic rings. The molecule has 1 aromatic heterocycles. The zero-order valence-electron chi connectivity index (χ0n) is 13.8. The Balaban J connectivity index is 1.64. The molecule has 0 radical (unpaired) electrons. The molecular formula is C17H19ClN2O4S. The number of hydrogen-bond acceptors (Lipinski definition) is 5. The van der Waals surface area contributed by atoms with Crippen molar-refractivity contribution in [3.8, 4) is 5.69 Å². The van der Waals surface area contributed by atoms with Gasteiger partial charge in [0.2, 0.25) is 0 Å². The minimum atomic E-state index is -2.99. The fourth-order valence-corrected chi connectivity index (χ4v) is 5.10. The standard InChI is InChI=1S/C17H19ClN2O4S/c1-12-15(17(18)20(19-12)14-5-3-2-4-6-14)10-24-16(21)9-13-7-8-25(22,23)11-13/h2-6,13H,7-11H2,1H3. The van der Waals surface area contributed by atoms with E-state index in [0.29, 0.717) is 22.8 Å². The number of esters is 1. The van der Waals surface area contributed by atoms with Crippen molar-refractivity contribution in [3.63, 3.8) is 0 Å². The van der Waals surface area contributed by atoms with Gasteiger partial charge in [-0.05, 0) is 31.4 Å². The molecule has 1 aromatic carbocycles. The van der Waals surface area contributed by atoms with E-state index >= 15 is 0 Å². The summed E-state index contributed by atoms with van der Waals surface area (Å²) in [5, 5.41) is 4.80. The Hall–Kier alpha value is -1.86. The first-order valence-corrected chi connectivity index (χ1v) is 10.2. The molecular weight excluding hydrogens is 364 g/mol. The highest BCUT2D eigenvalue weighted by atomic mass is 35.5. The zero-order chi connectivity index (χ0) is 18.0. The maximum absolute atomic E-state index is 12.0. The van der Waals surface area contributed by atoms with Crippen molar-refractivity contribution in [2.24, 2.45) is 5.92 Å². The van der Waals surface area contributed by atoms with Crippen LogP contribution in [0.2, 0.25) is 5.15 Å². The number of hydrogen-bond donors (Lipinski definition) is 0. The van der Waals surface area contributed by atoms with Gasteiger partial charge >= 0.3 is 5.97 Å². The van der Waals surface area contributed by atoms with E-state index in [1.165, 1.54) is 0 Å². The highest BCUT2D eigenvalue weighted by molar-refractivity contribution is 7.91. The first-order valence-electron chi connectivity index (χ1n) is 8.01. The molecule has 0 N–H and O–H groups in total. The molecule has 1 aliphatic heterocycles. The highest BCUT2D eigenvalue weighted by Gasteiger charge is 2.30. The molecule has 8 heteroatoms. The number of benzene rings is 1. The molecule has 134 valence electrons. The van der Waals surface area contributed by atoms with Crippen LogP contribution in [0.5, 0.6) is 0 Å². The van der Waals surface area contributed by atoms with Crippen LogP contribution in [-0.4, -0.2) is 35.7 Å². The predicted octanol–water partition coefficient (Wildman–Crippen LogP) is 2.70. The van der Waals surface area contributed by atoms with Gasteiger partial charge in [0.1, 0.15) is 11.8 Å². The van der Waals surface area contributed by atoms with Gasteiger partial charge in [-0.25, -0.2) is 13.1 Å². The predicted molar refractivity (Wildman–Crippen MR) is 94.5 cm³/mol. The van der Waals surface area contributed by atoms with Gasteiger partial charge in [-0.1, -0.05) is 29.8 Å². The second-order valence-corrected chi connectivity index (χ2v) is 8.82. The molecule has 3 rings (SSSR count). The van der Waals surface area contributed by atoms with Crippen LogP contribution in [0.25, 0.3) is 5.69 Å². The Morgan fingerprint density at radius 2 is 2.08 bits per heavy atom. The van der Waals surface area contributed by atoms with Crippen LogP contribution in [0.1, 0.15) is 24.1 Å². The molecule has 25 heavy (non-hydrogen) atoms. The van der Waals surface area contributed by atoms with Gasteiger partial charge in [-0.3, -0.25) is 4.79 Å². The van der Waals surface area contributed by atoms with Gasteiger partial charge in [0, 0.05) is 12.0 Å². The molecule has 2 heterocycles. The number of halogens is 1. The molecule has 6 nitrogen and oxygen atoms in total. The smallest absolute Gasteiger partial charge is 0.306 e. The summed E-state index contributed by atoms with van der Waals surface area (Å²) in [7, 11) is -2.99. The summed E-state index contributed by atoms with van der Waals surface area (Å²) in [6.45, 7) is 1.83. The van der Waals surface area contributed by atoms with Gasteiger partial charge in [-0.15, -0.1) is 0 Å². The molecule has 1 fully saturated rings. The lowest BCUT2D eigenvalue weighted by Gasteiger charge is -2.08. The summed E-state index contributed by atoms with van der Waals surface area (Å²) in [6, 6.07) is 9.44. The highest BCUT2D eigenvalue weighted by Crippen LogP contribution is 2.25. The van der Waals surface area contributed by atoms with E-state index < -0.39 is 15.8 Å². The average molecular weight is 383 g/mol. The summed E-state index contributed by atoms with van der Waals surface area (Å²) in [5.74, 6) is -0.348. The third-order valence-electron chi connectivity index (χ3n) is 4.28. The summed E-state index contributed by atoms with van der Waals surface area (Å²) in [6.07, 6.45) is 0.631. The van der Waals surface area contributed by atoms with Crippen molar-refractivity contribution in [1.29, 1.82) is 0 Å². The van der Waals surface area contributed by atoms with Crippen LogP contribution in [-0.2, 0) is 26.0 Å². The van der Waals surface area contributed by atoms with E-state index in [1.54, 1.807) is 11.6 Å². The SMILES string of the molecule is Cc1nn(-c2ccccc2)c(Cl)c1COC(=O)CC1CCS(=O)(=O)C1. The number of para-hydroxylation sites is 1. The Morgan fingerprint density at radius 1 is 1.36 bits per heavy atom. The largest absolute Gasteiger partial charge is 0.461 e. The molecule has 0 bridgehead atoms. The molecule has 0 spiro atoms. The second kappa shape index (κ2) is 7.17. The minimum absolute atomic E-state index is 0.0236. The number of aromatic nitrogens is 2. The molecule has 0 amide bonds. The molecule has 1 aliphatic rings. The Bertz CT molecular complexity index is 878. The number of carbonyl (C=O) groups excluding carboxylic acids is 1. The van der Waals surface area contributed by atoms with Gasteiger partial charge in [-0.2, -0.15) is 5.10 Å². The number of ether oxygens (including phenoxy) is 1. The van der Waals surface area contributed by atoms with E-state index in [-0.39, 0.29) is 30.5 Å². The Kier molecular flexibility index (Phi) is 5.15. The maximum Gasteiger partial charge on any atom is 0.306 e. The number of nitrogens with zero attached hydrogens (tertiary/aromatic N) is 2. The number of aryl methyl sites for hydroxylation is 1. The quantitative estimate of drug-likeness (QED) is 0.743. The Morgan fingerprint density at radius 3 is 2.72 bits per heavy atom. The summed E-state index contributed by atoms with van der Waals surface area (Å²) >= 11 is 6.39. The van der Waals surface area contributed by atoms with Gasteiger partial charge < -0.3 is 4.74 Å². The van der Waals surface area contributed by atoms with Crippen LogP contribution in [0.3, 0.4) is 0 Å². The van der Waals surface area contributed by atoms with Crippen LogP contribution in [0, 0.1) is 12.8 Å². The van der Waals surface area contributed by atoms with E-state index in [9.17, 15) is 13.2 Å². The maximum atomic E-state index is 12.0. The van der Waals surface area contributed by atoms with Crippen molar-refractivity contribution >= 4 is 27.4 Å². The third-order valence-corrected chi connectivity index (χ3v) is 6.51. The van der Waals surface area contributed by atoms with Crippen molar-refractivity contribution in [1.82, 2.24) is 9.78 Å². The molecule has 0 saturated carbocycles. The van der Waals surface area contributed by atoms with Crippen LogP contribution in [0.15, 0.2) is 30.3 Å². The third kappa shape index (κ3) is 4.22. The summed E-state index contributed by atoms with van der Waals surface area (Å²) in [4.78, 5) is 12.0. The fourth-order valence-electron chi connectivity index (χ4n) is 2.92. The molecule has 1 unspecified atom stereocenters. The van der Waals surface area contributed by atoms with E-state index in [4.69, 9.17) is 16.3 Å². The van der Waals surface area contributed by atoms with Crippen LogP contribution >= 0.6 is 11.6 Å². The lowest BCUT2D eigenvalue weighted by Crippen LogP contribution is -2.13. The van der Waals surface area contributed by atoms with Crippen molar-refractivity contribution < 1.29 is 17.9 Å². The lowest BCUT2D eigenvalue weighted by atomic mass is 10.1. The molecule has 1 saturated heterocycles. The monoisotopic (exact) mass is 382 g/mol. The summed E-state index contributed by atoms with van der Waals surface area (Å²) in [5.41, 5.74) is 2.16. The number of carbonyl (C=O) groups is 1. The van der Waals surface area contributed by atoms with Gasteiger partial charge in [0.25, 0.3) is 0 Å². The van der Waals surface area contributed by atoms with E-state index in [2.05, 4.69) is 5.10 Å². The minimum Gasteiger partial charge on any atom is -0.461 e. The average Bonchev–Trinajstić information content (AvgIpc) is 3.05. The normalized spacial score (nSPS) is 19.0. The van der Waals surface area contributed by atoms with Gasteiger partial charge in [0.05, 0.1) is 22.9 Å². The van der Waals surface area contributed by atoms with Gasteiger partial charge in [0.15, 0.2) is 9.84 Å². The number of sulfone groups is 1. The van der Waals surface area contributed by atoms with Crippen molar-refractivity contribution in [2.75, 3.05) is 11.5 Å². The fraction of sp³-hybridized carbons (Fsp3) is 0.412. The number of rotatable bonds is 5. The van der Waals surface area contributed by atoms with Crippen LogP contribution in [0.4, 0.5) is 0 Å². The van der Waals surface area contributed by atoms with E-state index in [1.807, 2.05) is 30.3 Å².